The highest BCUT2D eigenvalue weighted by Crippen LogP contribution is 2.30. The summed E-state index contributed by atoms with van der Waals surface area (Å²) in [6.45, 7) is 2.14. The van der Waals surface area contributed by atoms with Crippen molar-refractivity contribution < 1.29 is 0 Å². The number of nitrogens with zero attached hydrogens (tertiary/aromatic N) is 1. The molecule has 1 aromatic carbocycles. The largest absolute Gasteiger partial charge is 0.331 e. The molecule has 0 aliphatic carbocycles. The van der Waals surface area contributed by atoms with Gasteiger partial charge in [0.2, 0.25) is 0 Å². The van der Waals surface area contributed by atoms with Crippen LogP contribution in [0.2, 0.25) is 5.02 Å². The van der Waals surface area contributed by atoms with Crippen LogP contribution in [0.1, 0.15) is 17.8 Å². The van der Waals surface area contributed by atoms with Crippen molar-refractivity contribution in [2.75, 3.05) is 0 Å². The number of halogens is 1. The van der Waals surface area contributed by atoms with Crippen LogP contribution >= 0.6 is 35.2 Å². The van der Waals surface area contributed by atoms with Crippen molar-refractivity contribution in [3.8, 4) is 0 Å². The number of H-pyrrole nitrogens is 1. The quantitative estimate of drug-likeness (QED) is 0.658. The summed E-state index contributed by atoms with van der Waals surface area (Å²) in [5.41, 5.74) is 1.96. The Hall–Kier alpha value is -1.10. The molecule has 0 saturated heterocycles. The summed E-state index contributed by atoms with van der Waals surface area (Å²) in [6.07, 6.45) is 0. The molecule has 1 atom stereocenters. The molecule has 0 radical (unpaired) electrons. The van der Waals surface area contributed by atoms with E-state index in [9.17, 15) is 0 Å². The topological polar surface area (TPSA) is 20.7 Å². The highest BCUT2D eigenvalue weighted by Gasteiger charge is 2.15. The molecule has 1 N–H and O–H groups in total. The number of para-hydroxylation sites is 1. The minimum atomic E-state index is 0.186. The van der Waals surface area contributed by atoms with E-state index in [4.69, 9.17) is 23.8 Å². The molecule has 0 spiro atoms. The summed E-state index contributed by atoms with van der Waals surface area (Å²) in [5.74, 6) is 0. The number of hydrogen-bond acceptors (Lipinski definition) is 2. The molecule has 92 valence electrons. The van der Waals surface area contributed by atoms with Crippen LogP contribution < -0.4 is 0 Å². The van der Waals surface area contributed by atoms with Gasteiger partial charge >= 0.3 is 0 Å². The maximum atomic E-state index is 6.30. The standard InChI is InChI=1S/C13H11ClN2S2/c1-8(11-6-3-7-18-11)16-12-9(14)4-2-5-10(12)15-13(16)17/h2-8H,1H3,(H,15,17). The van der Waals surface area contributed by atoms with Gasteiger partial charge in [-0.2, -0.15) is 0 Å². The molecule has 0 bridgehead atoms. The van der Waals surface area contributed by atoms with Gasteiger partial charge in [-0.1, -0.05) is 23.7 Å². The molecule has 2 heterocycles. The zero-order valence-electron chi connectivity index (χ0n) is 9.68. The van der Waals surface area contributed by atoms with Crippen LogP contribution in [0.5, 0.6) is 0 Å². The maximum Gasteiger partial charge on any atom is 0.178 e. The van der Waals surface area contributed by atoms with Crippen molar-refractivity contribution in [3.05, 3.63) is 50.4 Å². The molecular weight excluding hydrogens is 284 g/mol. The third-order valence-corrected chi connectivity index (χ3v) is 4.68. The molecule has 1 unspecified atom stereocenters. The molecule has 2 aromatic heterocycles. The van der Waals surface area contributed by atoms with Crippen molar-refractivity contribution in [1.82, 2.24) is 9.55 Å². The fourth-order valence-electron chi connectivity index (χ4n) is 2.16. The first-order valence-corrected chi connectivity index (χ1v) is 7.27. The monoisotopic (exact) mass is 294 g/mol. The number of thiophene rings is 1. The number of aromatic amines is 1. The van der Waals surface area contributed by atoms with Crippen molar-refractivity contribution in [3.63, 3.8) is 0 Å². The maximum absolute atomic E-state index is 6.30. The third-order valence-electron chi connectivity index (χ3n) is 3.03. The zero-order chi connectivity index (χ0) is 12.7. The minimum Gasteiger partial charge on any atom is -0.331 e. The van der Waals surface area contributed by atoms with E-state index >= 15 is 0 Å². The van der Waals surface area contributed by atoms with Crippen molar-refractivity contribution in [2.45, 2.75) is 13.0 Å². The highest BCUT2D eigenvalue weighted by atomic mass is 35.5. The molecule has 0 amide bonds. The lowest BCUT2D eigenvalue weighted by molar-refractivity contribution is 0.661. The van der Waals surface area contributed by atoms with Gasteiger partial charge in [0.25, 0.3) is 0 Å². The first-order chi connectivity index (χ1) is 8.68. The van der Waals surface area contributed by atoms with Crippen LogP contribution in [0.4, 0.5) is 0 Å². The number of fused-ring (bicyclic) bond motifs is 1. The second-order valence-electron chi connectivity index (χ2n) is 4.13. The van der Waals surface area contributed by atoms with E-state index < -0.39 is 0 Å². The lowest BCUT2D eigenvalue weighted by Gasteiger charge is -2.13. The summed E-state index contributed by atoms with van der Waals surface area (Å²) >= 11 is 13.4. The van der Waals surface area contributed by atoms with E-state index in [2.05, 4.69) is 34.0 Å². The molecule has 0 aliphatic heterocycles. The Balaban J connectivity index is 2.29. The molecule has 3 aromatic rings. The van der Waals surface area contributed by atoms with Crippen LogP contribution in [0.3, 0.4) is 0 Å². The number of benzene rings is 1. The van der Waals surface area contributed by atoms with E-state index in [0.29, 0.717) is 4.77 Å². The van der Waals surface area contributed by atoms with E-state index in [0.717, 1.165) is 16.1 Å². The number of hydrogen-bond donors (Lipinski definition) is 1. The number of rotatable bonds is 2. The van der Waals surface area contributed by atoms with E-state index in [-0.39, 0.29) is 6.04 Å². The van der Waals surface area contributed by atoms with Crippen LogP contribution in [0.25, 0.3) is 11.0 Å². The van der Waals surface area contributed by atoms with Crippen molar-refractivity contribution in [1.29, 1.82) is 0 Å². The van der Waals surface area contributed by atoms with Gasteiger partial charge in [-0.25, -0.2) is 0 Å². The first kappa shape index (κ1) is 12.0. The smallest absolute Gasteiger partial charge is 0.178 e. The fraction of sp³-hybridized carbons (Fsp3) is 0.154. The van der Waals surface area contributed by atoms with Gasteiger partial charge < -0.3 is 9.55 Å². The summed E-state index contributed by atoms with van der Waals surface area (Å²) < 4.78 is 2.79. The Morgan fingerprint density at radius 3 is 2.89 bits per heavy atom. The number of imidazole rings is 1. The molecular formula is C13H11ClN2S2. The molecule has 2 nitrogen and oxygen atoms in total. The molecule has 18 heavy (non-hydrogen) atoms. The van der Waals surface area contributed by atoms with E-state index in [1.807, 2.05) is 18.2 Å². The molecule has 5 heteroatoms. The van der Waals surface area contributed by atoms with Gasteiger partial charge in [0.05, 0.1) is 22.1 Å². The van der Waals surface area contributed by atoms with Gasteiger partial charge in [-0.05, 0) is 42.7 Å². The molecule has 0 fully saturated rings. The van der Waals surface area contributed by atoms with Crippen LogP contribution in [-0.4, -0.2) is 9.55 Å². The Morgan fingerprint density at radius 2 is 2.17 bits per heavy atom. The van der Waals surface area contributed by atoms with E-state index in [1.54, 1.807) is 11.3 Å². The van der Waals surface area contributed by atoms with Crippen molar-refractivity contribution >= 4 is 46.2 Å². The Labute approximate surface area is 119 Å². The third kappa shape index (κ3) is 1.81. The normalized spacial score (nSPS) is 13.0. The van der Waals surface area contributed by atoms with Gasteiger partial charge in [0, 0.05) is 4.88 Å². The van der Waals surface area contributed by atoms with Crippen molar-refractivity contribution in [2.24, 2.45) is 0 Å². The number of nitrogens with one attached hydrogen (secondary N) is 1. The van der Waals surface area contributed by atoms with Gasteiger partial charge in [-0.15, -0.1) is 11.3 Å². The van der Waals surface area contributed by atoms with Crippen LogP contribution in [0.15, 0.2) is 35.7 Å². The van der Waals surface area contributed by atoms with Gasteiger partial charge in [0.15, 0.2) is 4.77 Å². The summed E-state index contributed by atoms with van der Waals surface area (Å²) in [7, 11) is 0. The highest BCUT2D eigenvalue weighted by molar-refractivity contribution is 7.71. The predicted molar refractivity (Wildman–Crippen MR) is 80.3 cm³/mol. The lowest BCUT2D eigenvalue weighted by Crippen LogP contribution is -2.05. The van der Waals surface area contributed by atoms with Crippen LogP contribution in [0, 0.1) is 4.77 Å². The molecule has 0 saturated carbocycles. The zero-order valence-corrected chi connectivity index (χ0v) is 12.1. The van der Waals surface area contributed by atoms with Gasteiger partial charge in [-0.3, -0.25) is 0 Å². The van der Waals surface area contributed by atoms with E-state index in [1.165, 1.54) is 4.88 Å². The summed E-state index contributed by atoms with van der Waals surface area (Å²) in [4.78, 5) is 4.48. The predicted octanol–water partition coefficient (Wildman–Crippen LogP) is 5.02. The summed E-state index contributed by atoms with van der Waals surface area (Å²) in [6, 6.07) is 10.2. The molecule has 3 rings (SSSR count). The summed E-state index contributed by atoms with van der Waals surface area (Å²) in [5, 5.41) is 2.80. The second kappa shape index (κ2) is 4.53. The Morgan fingerprint density at radius 1 is 1.33 bits per heavy atom. The minimum absolute atomic E-state index is 0.186. The average molecular weight is 295 g/mol. The van der Waals surface area contributed by atoms with Gasteiger partial charge in [0.1, 0.15) is 0 Å². The second-order valence-corrected chi connectivity index (χ2v) is 5.90. The molecule has 0 aliphatic rings. The SMILES string of the molecule is CC(c1cccs1)n1c(=S)[nH]c2cccc(Cl)c21. The van der Waals surface area contributed by atoms with Crippen LogP contribution in [-0.2, 0) is 0 Å². The Bertz CT molecular complexity index is 740. The first-order valence-electron chi connectivity index (χ1n) is 5.60. The Kier molecular flexibility index (Phi) is 3.01. The fourth-order valence-corrected chi connectivity index (χ4v) is 3.56. The number of aromatic nitrogens is 2. The lowest BCUT2D eigenvalue weighted by atomic mass is 10.2. The average Bonchev–Trinajstić information content (AvgIpc) is 2.95.